The maximum atomic E-state index is 5.94. The smallest absolute Gasteiger partial charge is 0.123 e. The first kappa shape index (κ1) is 12.3. The van der Waals surface area contributed by atoms with E-state index in [2.05, 4.69) is 18.2 Å². The summed E-state index contributed by atoms with van der Waals surface area (Å²) >= 11 is 0. The first-order valence-corrected chi connectivity index (χ1v) is 6.66. The number of aryl methyl sites for hydroxylation is 1. The van der Waals surface area contributed by atoms with E-state index in [0.29, 0.717) is 12.5 Å². The van der Waals surface area contributed by atoms with Crippen LogP contribution >= 0.6 is 0 Å². The van der Waals surface area contributed by atoms with Gasteiger partial charge in [0.25, 0.3) is 0 Å². The zero-order valence-electron chi connectivity index (χ0n) is 11.4. The van der Waals surface area contributed by atoms with Gasteiger partial charge in [-0.2, -0.15) is 0 Å². The maximum Gasteiger partial charge on any atom is 0.123 e. The summed E-state index contributed by atoms with van der Waals surface area (Å²) in [6.45, 7) is 0.659. The Balaban J connectivity index is 2.39. The predicted octanol–water partition coefficient (Wildman–Crippen LogP) is 2.85. The predicted molar refractivity (Wildman–Crippen MR) is 77.2 cm³/mol. The quantitative estimate of drug-likeness (QED) is 0.919. The van der Waals surface area contributed by atoms with Gasteiger partial charge in [-0.05, 0) is 42.3 Å². The van der Waals surface area contributed by atoms with Gasteiger partial charge in [0.2, 0.25) is 0 Å². The van der Waals surface area contributed by atoms with Crippen molar-refractivity contribution in [1.29, 1.82) is 0 Å². The lowest BCUT2D eigenvalue weighted by atomic mass is 9.80. The molecule has 3 nitrogen and oxygen atoms in total. The van der Waals surface area contributed by atoms with E-state index in [0.717, 1.165) is 24.3 Å². The van der Waals surface area contributed by atoms with Gasteiger partial charge in [0.05, 0.1) is 14.2 Å². The zero-order chi connectivity index (χ0) is 13.4. The molecule has 2 aromatic rings. The van der Waals surface area contributed by atoms with E-state index in [-0.39, 0.29) is 0 Å². The van der Waals surface area contributed by atoms with Crippen LogP contribution in [0.4, 0.5) is 0 Å². The van der Waals surface area contributed by atoms with Gasteiger partial charge in [-0.1, -0.05) is 12.1 Å². The molecule has 2 aromatic carbocycles. The van der Waals surface area contributed by atoms with Crippen molar-refractivity contribution >= 4 is 10.8 Å². The summed E-state index contributed by atoms with van der Waals surface area (Å²) in [5.74, 6) is 2.29. The molecule has 0 fully saturated rings. The molecule has 0 heterocycles. The molecule has 0 spiro atoms. The molecule has 0 amide bonds. The van der Waals surface area contributed by atoms with Crippen molar-refractivity contribution in [2.75, 3.05) is 20.8 Å². The number of nitrogens with two attached hydrogens (primary N) is 1. The van der Waals surface area contributed by atoms with Gasteiger partial charge >= 0.3 is 0 Å². The fourth-order valence-corrected chi connectivity index (χ4v) is 3.20. The summed E-state index contributed by atoms with van der Waals surface area (Å²) in [4.78, 5) is 0. The van der Waals surface area contributed by atoms with E-state index in [9.17, 15) is 0 Å². The Bertz CT molecular complexity index is 616. The molecule has 2 N–H and O–H groups in total. The molecule has 0 aliphatic heterocycles. The summed E-state index contributed by atoms with van der Waals surface area (Å²) in [5, 5.41) is 2.52. The van der Waals surface area contributed by atoms with Gasteiger partial charge in [0.15, 0.2) is 0 Å². The first-order chi connectivity index (χ1) is 9.30. The molecule has 0 saturated heterocycles. The standard InChI is InChI=1S/C16H19NO2/c1-18-13-7-4-10-5-8-14(19-2)16-11(9-17)3-6-12(13)15(10)16/h4-5,7-8,11H,3,6,9,17H2,1-2H3/t11-/m0/s1. The fraction of sp³-hybridized carbons (Fsp3) is 0.375. The number of rotatable bonds is 3. The monoisotopic (exact) mass is 257 g/mol. The van der Waals surface area contributed by atoms with E-state index >= 15 is 0 Å². The van der Waals surface area contributed by atoms with Crippen LogP contribution < -0.4 is 15.2 Å². The minimum atomic E-state index is 0.373. The molecular formula is C16H19NO2. The molecule has 1 aliphatic rings. The average Bonchev–Trinajstić information content (AvgIpc) is 2.48. The lowest BCUT2D eigenvalue weighted by Crippen LogP contribution is -2.18. The number of hydrogen-bond acceptors (Lipinski definition) is 3. The SMILES string of the molecule is COc1ccc2ccc(OC)c3c2c1CC[C@H]3CN. The van der Waals surface area contributed by atoms with E-state index in [1.807, 2.05) is 6.07 Å². The van der Waals surface area contributed by atoms with Gasteiger partial charge in [-0.15, -0.1) is 0 Å². The lowest BCUT2D eigenvalue weighted by Gasteiger charge is -2.27. The third kappa shape index (κ3) is 1.77. The second-order valence-electron chi connectivity index (χ2n) is 5.00. The van der Waals surface area contributed by atoms with Crippen molar-refractivity contribution in [3.8, 4) is 11.5 Å². The van der Waals surface area contributed by atoms with Crippen LogP contribution in [0.1, 0.15) is 23.5 Å². The molecule has 0 radical (unpaired) electrons. The number of hydrogen-bond donors (Lipinski definition) is 1. The van der Waals surface area contributed by atoms with Gasteiger partial charge in [0, 0.05) is 17.0 Å². The topological polar surface area (TPSA) is 44.5 Å². The van der Waals surface area contributed by atoms with Gasteiger partial charge in [0.1, 0.15) is 11.5 Å². The van der Waals surface area contributed by atoms with Gasteiger partial charge in [-0.3, -0.25) is 0 Å². The zero-order valence-corrected chi connectivity index (χ0v) is 11.4. The number of methoxy groups -OCH3 is 2. The summed E-state index contributed by atoms with van der Waals surface area (Å²) in [6, 6.07) is 8.32. The second-order valence-corrected chi connectivity index (χ2v) is 5.00. The van der Waals surface area contributed by atoms with Crippen molar-refractivity contribution in [2.24, 2.45) is 5.73 Å². The van der Waals surface area contributed by atoms with Crippen LogP contribution in [0.2, 0.25) is 0 Å². The molecule has 0 bridgehead atoms. The summed E-state index contributed by atoms with van der Waals surface area (Å²) < 4.78 is 11.0. The average molecular weight is 257 g/mol. The van der Waals surface area contributed by atoms with Crippen LogP contribution in [0.15, 0.2) is 24.3 Å². The second kappa shape index (κ2) is 4.74. The van der Waals surface area contributed by atoms with Crippen LogP contribution in [0.5, 0.6) is 11.5 Å². The van der Waals surface area contributed by atoms with Crippen molar-refractivity contribution in [3.05, 3.63) is 35.4 Å². The summed E-state index contributed by atoms with van der Waals surface area (Å²) in [7, 11) is 3.45. The number of benzene rings is 2. The minimum Gasteiger partial charge on any atom is -0.496 e. The Morgan fingerprint density at radius 1 is 1.11 bits per heavy atom. The van der Waals surface area contributed by atoms with Crippen molar-refractivity contribution in [2.45, 2.75) is 18.8 Å². The molecule has 19 heavy (non-hydrogen) atoms. The third-order valence-corrected chi connectivity index (χ3v) is 4.13. The van der Waals surface area contributed by atoms with E-state index in [1.165, 1.54) is 21.9 Å². The Morgan fingerprint density at radius 3 is 2.42 bits per heavy atom. The van der Waals surface area contributed by atoms with Gasteiger partial charge in [-0.25, -0.2) is 0 Å². The van der Waals surface area contributed by atoms with Crippen LogP contribution in [0.25, 0.3) is 10.8 Å². The highest BCUT2D eigenvalue weighted by molar-refractivity contribution is 5.93. The molecule has 3 heteroatoms. The Hall–Kier alpha value is -1.74. The molecule has 0 aromatic heterocycles. The van der Waals surface area contributed by atoms with Crippen LogP contribution in [0.3, 0.4) is 0 Å². The maximum absolute atomic E-state index is 5.94. The molecule has 3 rings (SSSR count). The Labute approximate surface area is 113 Å². The minimum absolute atomic E-state index is 0.373. The molecule has 100 valence electrons. The normalized spacial score (nSPS) is 17.5. The lowest BCUT2D eigenvalue weighted by molar-refractivity contribution is 0.399. The van der Waals surface area contributed by atoms with Gasteiger partial charge < -0.3 is 15.2 Å². The van der Waals surface area contributed by atoms with Crippen LogP contribution in [0, 0.1) is 0 Å². The van der Waals surface area contributed by atoms with Crippen molar-refractivity contribution in [1.82, 2.24) is 0 Å². The molecule has 0 saturated carbocycles. The molecule has 0 unspecified atom stereocenters. The highest BCUT2D eigenvalue weighted by atomic mass is 16.5. The highest BCUT2D eigenvalue weighted by Crippen LogP contribution is 2.44. The first-order valence-electron chi connectivity index (χ1n) is 6.66. The fourth-order valence-electron chi connectivity index (χ4n) is 3.20. The van der Waals surface area contributed by atoms with E-state index in [4.69, 9.17) is 15.2 Å². The molecular weight excluding hydrogens is 238 g/mol. The molecule has 1 aliphatic carbocycles. The van der Waals surface area contributed by atoms with E-state index < -0.39 is 0 Å². The molecule has 1 atom stereocenters. The summed E-state index contributed by atoms with van der Waals surface area (Å²) in [6.07, 6.45) is 2.07. The highest BCUT2D eigenvalue weighted by Gasteiger charge is 2.26. The van der Waals surface area contributed by atoms with Crippen LogP contribution in [-0.2, 0) is 6.42 Å². The third-order valence-electron chi connectivity index (χ3n) is 4.13. The van der Waals surface area contributed by atoms with Crippen LogP contribution in [-0.4, -0.2) is 20.8 Å². The van der Waals surface area contributed by atoms with E-state index in [1.54, 1.807) is 14.2 Å². The largest absolute Gasteiger partial charge is 0.496 e. The Kier molecular flexibility index (Phi) is 3.07. The van der Waals surface area contributed by atoms with Crippen molar-refractivity contribution in [3.63, 3.8) is 0 Å². The summed E-state index contributed by atoms with van der Waals surface area (Å²) in [5.41, 5.74) is 8.49. The Morgan fingerprint density at radius 2 is 1.79 bits per heavy atom. The van der Waals surface area contributed by atoms with Crippen molar-refractivity contribution < 1.29 is 9.47 Å². The number of ether oxygens (including phenoxy) is 2.